The summed E-state index contributed by atoms with van der Waals surface area (Å²) in [6.45, 7) is 1.44. The van der Waals surface area contributed by atoms with Gasteiger partial charge in [0.05, 0.1) is 0 Å². The van der Waals surface area contributed by atoms with Crippen LogP contribution in [-0.4, -0.2) is 11.7 Å². The molecule has 0 amide bonds. The monoisotopic (exact) mass is 185 g/mol. The minimum absolute atomic E-state index is 0.0730. The predicted molar refractivity (Wildman–Crippen MR) is 46.1 cm³/mol. The molecule has 0 saturated carbocycles. The van der Waals surface area contributed by atoms with Crippen molar-refractivity contribution in [1.29, 1.82) is 0 Å². The highest BCUT2D eigenvalue weighted by Crippen LogP contribution is 2.20. The highest BCUT2D eigenvalue weighted by molar-refractivity contribution is 5.22. The van der Waals surface area contributed by atoms with Crippen LogP contribution in [0.3, 0.4) is 0 Å². The van der Waals surface area contributed by atoms with Crippen molar-refractivity contribution in [3.63, 3.8) is 0 Å². The molecule has 72 valence electrons. The molecule has 4 heteroatoms. The third-order valence-corrected chi connectivity index (χ3v) is 1.81. The van der Waals surface area contributed by atoms with Crippen LogP contribution in [0.5, 0.6) is 0 Å². The van der Waals surface area contributed by atoms with Gasteiger partial charge in [0, 0.05) is 0 Å². The van der Waals surface area contributed by atoms with Gasteiger partial charge in [-0.05, 0) is 24.6 Å². The minimum atomic E-state index is -1.25. The van der Waals surface area contributed by atoms with Gasteiger partial charge in [0.2, 0.25) is 0 Å². The maximum absolute atomic E-state index is 12.8. The SMILES string of the molecule is CC(O)(CON)c1cccc(F)c1. The Kier molecular flexibility index (Phi) is 2.98. The van der Waals surface area contributed by atoms with Gasteiger partial charge in [-0.1, -0.05) is 12.1 Å². The molecule has 1 atom stereocenters. The van der Waals surface area contributed by atoms with Gasteiger partial charge in [-0.3, -0.25) is 0 Å². The zero-order valence-electron chi connectivity index (χ0n) is 7.33. The number of nitrogens with two attached hydrogens (primary N) is 1. The van der Waals surface area contributed by atoms with Crippen molar-refractivity contribution in [2.75, 3.05) is 6.61 Å². The highest BCUT2D eigenvalue weighted by Gasteiger charge is 2.23. The molecule has 0 aliphatic heterocycles. The zero-order valence-corrected chi connectivity index (χ0v) is 7.33. The maximum atomic E-state index is 12.8. The molecule has 3 nitrogen and oxygen atoms in total. The molecule has 1 rings (SSSR count). The number of halogens is 1. The molecule has 1 aromatic rings. The largest absolute Gasteiger partial charge is 0.383 e. The minimum Gasteiger partial charge on any atom is -0.383 e. The van der Waals surface area contributed by atoms with E-state index >= 15 is 0 Å². The van der Waals surface area contributed by atoms with E-state index in [0.29, 0.717) is 5.56 Å². The topological polar surface area (TPSA) is 55.5 Å². The molecule has 1 unspecified atom stereocenters. The van der Waals surface area contributed by atoms with Gasteiger partial charge in [0.15, 0.2) is 0 Å². The van der Waals surface area contributed by atoms with E-state index in [1.54, 1.807) is 6.07 Å². The Morgan fingerprint density at radius 1 is 1.62 bits per heavy atom. The number of rotatable bonds is 3. The molecule has 0 bridgehead atoms. The fourth-order valence-corrected chi connectivity index (χ4v) is 1.07. The summed E-state index contributed by atoms with van der Waals surface area (Å²) in [6.07, 6.45) is 0. The van der Waals surface area contributed by atoms with Crippen LogP contribution in [0.25, 0.3) is 0 Å². The highest BCUT2D eigenvalue weighted by atomic mass is 19.1. The van der Waals surface area contributed by atoms with Crippen molar-refractivity contribution >= 4 is 0 Å². The quantitative estimate of drug-likeness (QED) is 0.688. The third kappa shape index (κ3) is 2.48. The molecule has 0 aliphatic rings. The van der Waals surface area contributed by atoms with Gasteiger partial charge in [-0.15, -0.1) is 0 Å². The number of benzene rings is 1. The van der Waals surface area contributed by atoms with E-state index in [1.807, 2.05) is 0 Å². The van der Waals surface area contributed by atoms with E-state index in [4.69, 9.17) is 5.90 Å². The number of aliphatic hydroxyl groups is 1. The molecular formula is C9H12FNO2. The van der Waals surface area contributed by atoms with Crippen molar-refractivity contribution in [2.24, 2.45) is 5.90 Å². The summed E-state index contributed by atoms with van der Waals surface area (Å²) in [7, 11) is 0. The van der Waals surface area contributed by atoms with E-state index in [-0.39, 0.29) is 6.61 Å². The van der Waals surface area contributed by atoms with E-state index < -0.39 is 11.4 Å². The van der Waals surface area contributed by atoms with Crippen LogP contribution in [0.2, 0.25) is 0 Å². The summed E-state index contributed by atoms with van der Waals surface area (Å²) in [5.74, 6) is 4.44. The molecule has 0 fully saturated rings. The van der Waals surface area contributed by atoms with Gasteiger partial charge in [-0.25, -0.2) is 10.3 Å². The summed E-state index contributed by atoms with van der Waals surface area (Å²) in [5, 5.41) is 9.74. The Labute approximate surface area is 75.9 Å². The Morgan fingerprint density at radius 2 is 2.31 bits per heavy atom. The zero-order chi connectivity index (χ0) is 9.90. The first kappa shape index (κ1) is 10.1. The van der Waals surface area contributed by atoms with Gasteiger partial charge >= 0.3 is 0 Å². The molecular weight excluding hydrogens is 173 g/mol. The first-order valence-corrected chi connectivity index (χ1v) is 3.86. The molecule has 3 N–H and O–H groups in total. The van der Waals surface area contributed by atoms with Crippen LogP contribution in [-0.2, 0) is 10.4 Å². The summed E-state index contributed by atoms with van der Waals surface area (Å²) in [6, 6.07) is 5.69. The number of hydrogen-bond donors (Lipinski definition) is 2. The van der Waals surface area contributed by atoms with Crippen molar-refractivity contribution in [2.45, 2.75) is 12.5 Å². The van der Waals surface area contributed by atoms with Crippen LogP contribution in [0.4, 0.5) is 4.39 Å². The Bertz CT molecular complexity index is 289. The summed E-state index contributed by atoms with van der Waals surface area (Å²) >= 11 is 0. The number of hydrogen-bond acceptors (Lipinski definition) is 3. The second-order valence-corrected chi connectivity index (χ2v) is 3.10. The molecule has 0 aliphatic carbocycles. The molecule has 0 heterocycles. The average molecular weight is 185 g/mol. The second kappa shape index (κ2) is 3.83. The first-order chi connectivity index (χ1) is 6.06. The van der Waals surface area contributed by atoms with Crippen molar-refractivity contribution in [1.82, 2.24) is 0 Å². The van der Waals surface area contributed by atoms with E-state index in [9.17, 15) is 9.50 Å². The summed E-state index contributed by atoms with van der Waals surface area (Å²) in [5.41, 5.74) is -0.811. The lowest BCUT2D eigenvalue weighted by Crippen LogP contribution is -2.29. The van der Waals surface area contributed by atoms with Gasteiger partial charge in [0.1, 0.15) is 18.0 Å². The lowest BCUT2D eigenvalue weighted by molar-refractivity contribution is -0.0388. The lowest BCUT2D eigenvalue weighted by atomic mass is 9.97. The van der Waals surface area contributed by atoms with E-state index in [1.165, 1.54) is 25.1 Å². The van der Waals surface area contributed by atoms with Crippen LogP contribution >= 0.6 is 0 Å². The van der Waals surface area contributed by atoms with Gasteiger partial charge in [0.25, 0.3) is 0 Å². The summed E-state index contributed by atoms with van der Waals surface area (Å²) in [4.78, 5) is 4.33. The molecule has 13 heavy (non-hydrogen) atoms. The fraction of sp³-hybridized carbons (Fsp3) is 0.333. The smallest absolute Gasteiger partial charge is 0.123 e. The van der Waals surface area contributed by atoms with Gasteiger partial charge < -0.3 is 9.94 Å². The Balaban J connectivity index is 2.93. The van der Waals surface area contributed by atoms with Crippen LogP contribution in [0, 0.1) is 5.82 Å². The van der Waals surface area contributed by atoms with Gasteiger partial charge in [-0.2, -0.15) is 0 Å². The molecule has 0 aromatic heterocycles. The normalized spacial score (nSPS) is 15.4. The van der Waals surface area contributed by atoms with E-state index in [0.717, 1.165) is 0 Å². The molecule has 0 saturated heterocycles. The van der Waals surface area contributed by atoms with Crippen LogP contribution < -0.4 is 5.90 Å². The predicted octanol–water partition coefficient (Wildman–Crippen LogP) is 0.923. The van der Waals surface area contributed by atoms with E-state index in [2.05, 4.69) is 4.84 Å². The average Bonchev–Trinajstić information content (AvgIpc) is 2.04. The van der Waals surface area contributed by atoms with Crippen LogP contribution in [0.1, 0.15) is 12.5 Å². The Morgan fingerprint density at radius 3 is 2.85 bits per heavy atom. The molecule has 1 aromatic carbocycles. The summed E-state index contributed by atoms with van der Waals surface area (Å²) < 4.78 is 12.8. The van der Waals surface area contributed by atoms with Crippen molar-refractivity contribution in [3.05, 3.63) is 35.6 Å². The molecule has 0 spiro atoms. The van der Waals surface area contributed by atoms with Crippen LogP contribution in [0.15, 0.2) is 24.3 Å². The molecule has 0 radical (unpaired) electrons. The van der Waals surface area contributed by atoms with Crippen molar-refractivity contribution < 1.29 is 14.3 Å². The van der Waals surface area contributed by atoms with Crippen molar-refractivity contribution in [3.8, 4) is 0 Å². The Hall–Kier alpha value is -0.970. The fourth-order valence-electron chi connectivity index (χ4n) is 1.07. The maximum Gasteiger partial charge on any atom is 0.123 e. The third-order valence-electron chi connectivity index (χ3n) is 1.81. The second-order valence-electron chi connectivity index (χ2n) is 3.10. The lowest BCUT2D eigenvalue weighted by Gasteiger charge is -2.22. The standard InChI is InChI=1S/C9H12FNO2/c1-9(12,6-13-11)7-3-2-4-8(10)5-7/h2-5,12H,6,11H2,1H3. The first-order valence-electron chi connectivity index (χ1n) is 3.86.